The van der Waals surface area contributed by atoms with E-state index in [-0.39, 0.29) is 5.69 Å². The van der Waals surface area contributed by atoms with E-state index in [2.05, 4.69) is 24.3 Å². The van der Waals surface area contributed by atoms with Crippen molar-refractivity contribution in [1.29, 1.82) is 0 Å². The van der Waals surface area contributed by atoms with Crippen molar-refractivity contribution in [3.05, 3.63) is 36.0 Å². The molecule has 2 N–H and O–H groups in total. The first-order chi connectivity index (χ1) is 8.56. The number of aromatic nitrogens is 1. The third kappa shape index (κ3) is 2.68. The quantitative estimate of drug-likeness (QED) is 0.867. The number of anilines is 1. The number of hydrogen-bond acceptors (Lipinski definition) is 4. The molecule has 2 rings (SSSR count). The maximum Gasteiger partial charge on any atom is 0.358 e. The van der Waals surface area contributed by atoms with Gasteiger partial charge in [-0.2, -0.15) is 0 Å². The molecule has 18 heavy (non-hydrogen) atoms. The predicted molar refractivity (Wildman–Crippen MR) is 67.7 cm³/mol. The fourth-order valence-corrected chi connectivity index (χ4v) is 1.58. The van der Waals surface area contributed by atoms with Gasteiger partial charge in [-0.3, -0.25) is 0 Å². The van der Waals surface area contributed by atoms with Crippen molar-refractivity contribution in [2.45, 2.75) is 19.9 Å². The van der Waals surface area contributed by atoms with Gasteiger partial charge in [0.1, 0.15) is 0 Å². The van der Waals surface area contributed by atoms with Crippen LogP contribution in [0.1, 0.15) is 24.3 Å². The summed E-state index contributed by atoms with van der Waals surface area (Å²) >= 11 is 0. The molecule has 0 saturated carbocycles. The van der Waals surface area contributed by atoms with Gasteiger partial charge in [0, 0.05) is 23.4 Å². The highest BCUT2D eigenvalue weighted by Crippen LogP contribution is 2.22. The van der Waals surface area contributed by atoms with E-state index in [1.165, 1.54) is 6.07 Å². The number of hydrogen-bond donors (Lipinski definition) is 2. The third-order valence-corrected chi connectivity index (χ3v) is 2.35. The first kappa shape index (κ1) is 12.2. The average Bonchev–Trinajstić information content (AvgIpc) is 2.78. The predicted octanol–water partition coefficient (Wildman–Crippen LogP) is 2.86. The summed E-state index contributed by atoms with van der Waals surface area (Å²) in [7, 11) is 0. The maximum atomic E-state index is 10.7. The summed E-state index contributed by atoms with van der Waals surface area (Å²) in [6.45, 7) is 4.12. The Bertz CT molecular complexity index is 544. The number of nitrogens with zero attached hydrogens (tertiary/aromatic N) is 1. The summed E-state index contributed by atoms with van der Waals surface area (Å²) < 4.78 is 4.98. The largest absolute Gasteiger partial charge is 0.476 e. The van der Waals surface area contributed by atoms with E-state index in [9.17, 15) is 4.79 Å². The van der Waals surface area contributed by atoms with Crippen LogP contribution >= 0.6 is 0 Å². The molecule has 1 aromatic heterocycles. The normalized spacial score (nSPS) is 10.6. The highest BCUT2D eigenvalue weighted by Gasteiger charge is 2.11. The van der Waals surface area contributed by atoms with Crippen molar-refractivity contribution < 1.29 is 14.4 Å². The molecule has 2 aromatic rings. The lowest BCUT2D eigenvalue weighted by atomic mass is 10.1. The van der Waals surface area contributed by atoms with Crippen LogP contribution in [-0.4, -0.2) is 22.3 Å². The number of carboxylic acid groups (broad SMARTS) is 1. The summed E-state index contributed by atoms with van der Waals surface area (Å²) in [4.78, 5) is 10.7. The van der Waals surface area contributed by atoms with Crippen LogP contribution in [0.5, 0.6) is 0 Å². The van der Waals surface area contributed by atoms with Gasteiger partial charge in [-0.25, -0.2) is 4.79 Å². The van der Waals surface area contributed by atoms with Crippen molar-refractivity contribution >= 4 is 11.7 Å². The summed E-state index contributed by atoms with van der Waals surface area (Å²) in [5.74, 6) is -0.647. The van der Waals surface area contributed by atoms with Crippen LogP contribution in [0.2, 0.25) is 0 Å². The van der Waals surface area contributed by atoms with Gasteiger partial charge in [0.2, 0.25) is 0 Å². The molecule has 0 saturated heterocycles. The van der Waals surface area contributed by atoms with E-state index in [0.717, 1.165) is 11.3 Å². The number of benzene rings is 1. The number of nitrogens with one attached hydrogen (secondary N) is 1. The van der Waals surface area contributed by atoms with Crippen molar-refractivity contribution in [3.8, 4) is 11.3 Å². The van der Waals surface area contributed by atoms with Crippen LogP contribution in [-0.2, 0) is 0 Å². The van der Waals surface area contributed by atoms with Crippen molar-refractivity contribution in [2.24, 2.45) is 0 Å². The maximum absolute atomic E-state index is 10.7. The van der Waals surface area contributed by atoms with E-state index in [0.29, 0.717) is 11.8 Å². The second kappa shape index (κ2) is 4.91. The Kier molecular flexibility index (Phi) is 3.32. The van der Waals surface area contributed by atoms with Gasteiger partial charge in [-0.1, -0.05) is 5.16 Å². The van der Waals surface area contributed by atoms with Crippen molar-refractivity contribution in [2.75, 3.05) is 5.32 Å². The highest BCUT2D eigenvalue weighted by molar-refractivity contribution is 5.86. The molecule has 5 nitrogen and oxygen atoms in total. The lowest BCUT2D eigenvalue weighted by Gasteiger charge is -2.09. The Morgan fingerprint density at radius 3 is 2.50 bits per heavy atom. The van der Waals surface area contributed by atoms with Gasteiger partial charge in [-0.05, 0) is 38.1 Å². The van der Waals surface area contributed by atoms with Gasteiger partial charge in [0.25, 0.3) is 0 Å². The molecule has 0 bridgehead atoms. The molecule has 0 radical (unpaired) electrons. The van der Waals surface area contributed by atoms with Gasteiger partial charge in [0.05, 0.1) is 0 Å². The molecule has 1 heterocycles. The van der Waals surface area contributed by atoms with Gasteiger partial charge in [0.15, 0.2) is 11.5 Å². The SMILES string of the molecule is CC(C)Nc1ccc(-c2cc(C(=O)O)no2)cc1. The molecule has 1 aromatic carbocycles. The zero-order valence-corrected chi connectivity index (χ0v) is 10.2. The van der Waals surface area contributed by atoms with E-state index in [1.54, 1.807) is 0 Å². The molecule has 0 fully saturated rings. The van der Waals surface area contributed by atoms with E-state index < -0.39 is 5.97 Å². The Labute approximate surface area is 104 Å². The van der Waals surface area contributed by atoms with Crippen LogP contribution in [0.3, 0.4) is 0 Å². The molecule has 0 aliphatic rings. The lowest BCUT2D eigenvalue weighted by molar-refractivity contribution is 0.0686. The minimum atomic E-state index is -1.09. The lowest BCUT2D eigenvalue weighted by Crippen LogP contribution is -2.09. The van der Waals surface area contributed by atoms with Crippen molar-refractivity contribution in [3.63, 3.8) is 0 Å². The smallest absolute Gasteiger partial charge is 0.358 e. The zero-order chi connectivity index (χ0) is 13.1. The molecule has 94 valence electrons. The molecular formula is C13H14N2O3. The Hall–Kier alpha value is -2.30. The molecule has 0 atom stereocenters. The number of carboxylic acids is 1. The second-order valence-electron chi connectivity index (χ2n) is 4.26. The van der Waals surface area contributed by atoms with Crippen LogP contribution in [0, 0.1) is 0 Å². The first-order valence-corrected chi connectivity index (χ1v) is 5.63. The Morgan fingerprint density at radius 1 is 1.33 bits per heavy atom. The van der Waals surface area contributed by atoms with Crippen LogP contribution < -0.4 is 5.32 Å². The molecule has 0 spiro atoms. The molecule has 0 unspecified atom stereocenters. The van der Waals surface area contributed by atoms with Crippen LogP contribution in [0.15, 0.2) is 34.9 Å². The fourth-order valence-electron chi connectivity index (χ4n) is 1.58. The standard InChI is InChI=1S/C13H14N2O3/c1-8(2)14-10-5-3-9(4-6-10)12-7-11(13(16)17)15-18-12/h3-8,14H,1-2H3,(H,16,17). The number of carbonyl (C=O) groups is 1. The van der Waals surface area contributed by atoms with E-state index in [4.69, 9.17) is 9.63 Å². The van der Waals surface area contributed by atoms with E-state index >= 15 is 0 Å². The number of rotatable bonds is 4. The summed E-state index contributed by atoms with van der Waals surface area (Å²) in [5, 5.41) is 15.5. The minimum absolute atomic E-state index is 0.0885. The zero-order valence-electron chi connectivity index (χ0n) is 10.2. The summed E-state index contributed by atoms with van der Waals surface area (Å²) in [5.41, 5.74) is 1.71. The Balaban J connectivity index is 2.20. The summed E-state index contributed by atoms with van der Waals surface area (Å²) in [6, 6.07) is 9.32. The monoisotopic (exact) mass is 246 g/mol. The Morgan fingerprint density at radius 2 is 2.00 bits per heavy atom. The average molecular weight is 246 g/mol. The molecular weight excluding hydrogens is 232 g/mol. The minimum Gasteiger partial charge on any atom is -0.476 e. The fraction of sp³-hybridized carbons (Fsp3) is 0.231. The van der Waals surface area contributed by atoms with Crippen molar-refractivity contribution in [1.82, 2.24) is 5.16 Å². The van der Waals surface area contributed by atoms with Gasteiger partial charge < -0.3 is 14.9 Å². The molecule has 0 aliphatic heterocycles. The first-order valence-electron chi connectivity index (χ1n) is 5.63. The van der Waals surface area contributed by atoms with Gasteiger partial charge in [-0.15, -0.1) is 0 Å². The van der Waals surface area contributed by atoms with Crippen LogP contribution in [0.25, 0.3) is 11.3 Å². The topological polar surface area (TPSA) is 75.4 Å². The van der Waals surface area contributed by atoms with Gasteiger partial charge >= 0.3 is 5.97 Å². The molecule has 5 heteroatoms. The third-order valence-electron chi connectivity index (χ3n) is 2.35. The molecule has 0 amide bonds. The molecule has 0 aliphatic carbocycles. The highest BCUT2D eigenvalue weighted by atomic mass is 16.5. The summed E-state index contributed by atoms with van der Waals surface area (Å²) in [6.07, 6.45) is 0. The number of aromatic carboxylic acids is 1. The second-order valence-corrected chi connectivity index (χ2v) is 4.26. The van der Waals surface area contributed by atoms with Crippen LogP contribution in [0.4, 0.5) is 5.69 Å². The van der Waals surface area contributed by atoms with E-state index in [1.807, 2.05) is 24.3 Å².